The monoisotopic (exact) mass is 336 g/mol. The minimum Gasteiger partial charge on any atom is -0.354 e. The Labute approximate surface area is 148 Å². The van der Waals surface area contributed by atoms with Crippen LogP contribution in [0.5, 0.6) is 0 Å². The fraction of sp³-hybridized carbons (Fsp3) is 0.300. The first-order valence-corrected chi connectivity index (χ1v) is 8.51. The lowest BCUT2D eigenvalue weighted by Crippen LogP contribution is -2.42. The normalized spacial score (nSPS) is 12.4. The Morgan fingerprint density at radius 2 is 1.92 bits per heavy atom. The number of hydrogen-bond donors (Lipinski definition) is 1. The van der Waals surface area contributed by atoms with Crippen molar-refractivity contribution in [3.63, 3.8) is 0 Å². The second kappa shape index (κ2) is 7.94. The number of benzene rings is 1. The van der Waals surface area contributed by atoms with Gasteiger partial charge in [0.1, 0.15) is 5.65 Å². The molecule has 0 aliphatic rings. The molecule has 1 N–H and O–H groups in total. The third-order valence-corrected chi connectivity index (χ3v) is 4.33. The van der Waals surface area contributed by atoms with Crippen molar-refractivity contribution in [3.05, 3.63) is 72.2 Å². The van der Waals surface area contributed by atoms with Gasteiger partial charge in [0.05, 0.1) is 12.1 Å². The van der Waals surface area contributed by atoms with E-state index in [0.717, 1.165) is 17.8 Å². The summed E-state index contributed by atoms with van der Waals surface area (Å²) in [6.45, 7) is 0.619. The molecular formula is C20H24N4O. The molecule has 1 aromatic carbocycles. The molecule has 2 heterocycles. The zero-order valence-corrected chi connectivity index (χ0v) is 14.7. The van der Waals surface area contributed by atoms with Gasteiger partial charge in [-0.1, -0.05) is 36.4 Å². The second-order valence-corrected chi connectivity index (χ2v) is 6.49. The lowest BCUT2D eigenvalue weighted by Gasteiger charge is -2.24. The Morgan fingerprint density at radius 1 is 1.16 bits per heavy atom. The number of amides is 1. The average Bonchev–Trinajstić information content (AvgIpc) is 3.01. The van der Waals surface area contributed by atoms with E-state index in [4.69, 9.17) is 0 Å². The minimum absolute atomic E-state index is 0.00307. The van der Waals surface area contributed by atoms with E-state index < -0.39 is 0 Å². The van der Waals surface area contributed by atoms with Crippen molar-refractivity contribution in [1.29, 1.82) is 0 Å². The summed E-state index contributed by atoms with van der Waals surface area (Å²) < 4.78 is 1.93. The van der Waals surface area contributed by atoms with Gasteiger partial charge in [0, 0.05) is 25.0 Å². The van der Waals surface area contributed by atoms with Crippen LogP contribution in [0.2, 0.25) is 0 Å². The van der Waals surface area contributed by atoms with Gasteiger partial charge < -0.3 is 14.6 Å². The summed E-state index contributed by atoms with van der Waals surface area (Å²) in [7, 11) is 4.09. The Hall–Kier alpha value is -2.66. The molecule has 0 fully saturated rings. The van der Waals surface area contributed by atoms with E-state index in [2.05, 4.69) is 27.3 Å². The fourth-order valence-corrected chi connectivity index (χ4v) is 2.85. The maximum absolute atomic E-state index is 12.3. The van der Waals surface area contributed by atoms with Gasteiger partial charge in [-0.05, 0) is 38.2 Å². The molecule has 0 radical (unpaired) electrons. The number of imidazole rings is 1. The van der Waals surface area contributed by atoms with Gasteiger partial charge in [0.25, 0.3) is 0 Å². The van der Waals surface area contributed by atoms with Gasteiger partial charge in [-0.15, -0.1) is 0 Å². The summed E-state index contributed by atoms with van der Waals surface area (Å²) in [5, 5.41) is 3.05. The van der Waals surface area contributed by atoms with Gasteiger partial charge in [0.2, 0.25) is 5.91 Å². The number of likely N-dealkylation sites (N-methyl/N-ethyl adjacent to an activating group) is 1. The van der Waals surface area contributed by atoms with Crippen LogP contribution in [0.15, 0.2) is 60.9 Å². The average molecular weight is 336 g/mol. The highest BCUT2D eigenvalue weighted by Gasteiger charge is 2.14. The highest BCUT2D eigenvalue weighted by atomic mass is 16.1. The summed E-state index contributed by atoms with van der Waals surface area (Å²) in [6, 6.07) is 16.4. The van der Waals surface area contributed by atoms with Crippen LogP contribution < -0.4 is 5.32 Å². The largest absolute Gasteiger partial charge is 0.354 e. The van der Waals surface area contributed by atoms with Crippen molar-refractivity contribution in [3.8, 4) is 0 Å². The number of fused-ring (bicyclic) bond motifs is 1. The van der Waals surface area contributed by atoms with Gasteiger partial charge in [-0.25, -0.2) is 4.98 Å². The van der Waals surface area contributed by atoms with E-state index in [1.807, 2.05) is 67.3 Å². The Balaban J connectivity index is 1.56. The van der Waals surface area contributed by atoms with Crippen LogP contribution in [-0.2, 0) is 17.6 Å². The number of carbonyl (C=O) groups excluding carboxylic acids is 1. The molecule has 1 atom stereocenters. The van der Waals surface area contributed by atoms with Crippen molar-refractivity contribution < 1.29 is 4.79 Å². The van der Waals surface area contributed by atoms with E-state index in [-0.39, 0.29) is 11.9 Å². The number of nitrogens with zero attached hydrogens (tertiary/aromatic N) is 3. The van der Waals surface area contributed by atoms with E-state index in [9.17, 15) is 4.79 Å². The predicted octanol–water partition coefficient (Wildman–Crippen LogP) is 2.17. The highest BCUT2D eigenvalue weighted by molar-refractivity contribution is 5.78. The fourth-order valence-electron chi connectivity index (χ4n) is 2.85. The van der Waals surface area contributed by atoms with Gasteiger partial charge >= 0.3 is 0 Å². The molecular weight excluding hydrogens is 312 g/mol. The van der Waals surface area contributed by atoms with Crippen molar-refractivity contribution in [2.45, 2.75) is 18.9 Å². The molecule has 5 heteroatoms. The molecule has 0 aliphatic carbocycles. The summed E-state index contributed by atoms with van der Waals surface area (Å²) >= 11 is 0. The summed E-state index contributed by atoms with van der Waals surface area (Å²) in [5.41, 5.74) is 2.92. The molecule has 0 unspecified atom stereocenters. The van der Waals surface area contributed by atoms with Crippen LogP contribution in [0.4, 0.5) is 0 Å². The number of nitrogens with one attached hydrogen (secondary N) is 1. The number of aromatic nitrogens is 2. The van der Waals surface area contributed by atoms with Crippen molar-refractivity contribution in [1.82, 2.24) is 19.6 Å². The lowest BCUT2D eigenvalue weighted by molar-refractivity contribution is -0.120. The first-order valence-electron chi connectivity index (χ1n) is 8.51. The smallest absolute Gasteiger partial charge is 0.226 e. The summed E-state index contributed by atoms with van der Waals surface area (Å²) in [4.78, 5) is 18.9. The molecule has 0 bridgehead atoms. The molecule has 0 saturated carbocycles. The number of pyridine rings is 1. The first kappa shape index (κ1) is 17.2. The molecule has 3 aromatic rings. The standard InChI is InChI=1S/C20H24N4O/c1-23(2)18(12-16-8-4-3-5-9-16)14-21-20(25)13-17-15-24-11-7-6-10-19(24)22-17/h3-11,15,18H,12-14H2,1-2H3,(H,21,25)/t18-/m0/s1. The molecule has 2 aromatic heterocycles. The molecule has 5 nitrogen and oxygen atoms in total. The topological polar surface area (TPSA) is 49.6 Å². The first-order chi connectivity index (χ1) is 12.1. The van der Waals surface area contributed by atoms with E-state index in [0.29, 0.717) is 13.0 Å². The molecule has 0 aliphatic heterocycles. The molecule has 0 spiro atoms. The van der Waals surface area contributed by atoms with E-state index >= 15 is 0 Å². The van der Waals surface area contributed by atoms with Gasteiger partial charge in [-0.3, -0.25) is 4.79 Å². The Bertz CT molecular complexity index is 793. The van der Waals surface area contributed by atoms with Gasteiger partial charge in [0.15, 0.2) is 0 Å². The number of carbonyl (C=O) groups is 1. The molecule has 25 heavy (non-hydrogen) atoms. The van der Waals surface area contributed by atoms with Crippen LogP contribution in [0.1, 0.15) is 11.3 Å². The minimum atomic E-state index is 0.00307. The second-order valence-electron chi connectivity index (χ2n) is 6.49. The maximum Gasteiger partial charge on any atom is 0.226 e. The van der Waals surface area contributed by atoms with Crippen molar-refractivity contribution in [2.24, 2.45) is 0 Å². The van der Waals surface area contributed by atoms with Crippen LogP contribution in [0.25, 0.3) is 5.65 Å². The molecule has 130 valence electrons. The molecule has 1 amide bonds. The van der Waals surface area contributed by atoms with E-state index in [1.54, 1.807) is 0 Å². The van der Waals surface area contributed by atoms with Crippen molar-refractivity contribution in [2.75, 3.05) is 20.6 Å². The van der Waals surface area contributed by atoms with Crippen LogP contribution in [0.3, 0.4) is 0 Å². The Morgan fingerprint density at radius 3 is 2.64 bits per heavy atom. The third-order valence-electron chi connectivity index (χ3n) is 4.33. The lowest BCUT2D eigenvalue weighted by atomic mass is 10.1. The predicted molar refractivity (Wildman–Crippen MR) is 99.5 cm³/mol. The summed E-state index contributed by atoms with van der Waals surface area (Å²) in [6.07, 6.45) is 5.05. The van der Waals surface area contributed by atoms with Crippen LogP contribution >= 0.6 is 0 Å². The van der Waals surface area contributed by atoms with Gasteiger partial charge in [-0.2, -0.15) is 0 Å². The van der Waals surface area contributed by atoms with E-state index in [1.165, 1.54) is 5.56 Å². The summed E-state index contributed by atoms with van der Waals surface area (Å²) in [5.74, 6) is 0.00307. The number of hydrogen-bond acceptors (Lipinski definition) is 3. The third kappa shape index (κ3) is 4.67. The maximum atomic E-state index is 12.3. The molecule has 3 rings (SSSR count). The zero-order chi connectivity index (χ0) is 17.6. The molecule has 0 saturated heterocycles. The SMILES string of the molecule is CN(C)[C@H](CNC(=O)Cc1cn2ccccc2n1)Cc1ccccc1. The number of rotatable bonds is 7. The van der Waals surface area contributed by atoms with Crippen LogP contribution in [-0.4, -0.2) is 46.9 Å². The van der Waals surface area contributed by atoms with Crippen molar-refractivity contribution >= 4 is 11.6 Å². The zero-order valence-electron chi connectivity index (χ0n) is 14.7. The highest BCUT2D eigenvalue weighted by Crippen LogP contribution is 2.07. The Kier molecular flexibility index (Phi) is 5.46. The van der Waals surface area contributed by atoms with Crippen LogP contribution in [0, 0.1) is 0 Å². The quantitative estimate of drug-likeness (QED) is 0.719.